The molecule has 11 heteroatoms. The number of nitrogens with two attached hydrogens (primary N) is 1. The molecular formula is C23H32N4O6S. The summed E-state index contributed by atoms with van der Waals surface area (Å²) < 4.78 is 16.2. The molecule has 2 heterocycles. The number of carbonyl (C=O) groups is 2. The first-order valence-corrected chi connectivity index (χ1v) is 12.0. The average molecular weight is 493 g/mol. The van der Waals surface area contributed by atoms with Gasteiger partial charge in [-0.05, 0) is 31.0 Å². The van der Waals surface area contributed by atoms with Crippen molar-refractivity contribution in [2.75, 3.05) is 58.6 Å². The van der Waals surface area contributed by atoms with Crippen LogP contribution in [0.15, 0.2) is 18.2 Å². The summed E-state index contributed by atoms with van der Waals surface area (Å²) in [5.74, 6) is -0.443. The summed E-state index contributed by atoms with van der Waals surface area (Å²) in [6.07, 6.45) is 1.94. The van der Waals surface area contributed by atoms with Crippen molar-refractivity contribution >= 4 is 28.3 Å². The lowest BCUT2D eigenvalue weighted by atomic mass is 10.0. The van der Waals surface area contributed by atoms with Crippen LogP contribution >= 0.6 is 11.3 Å². The van der Waals surface area contributed by atoms with Crippen LogP contribution in [-0.2, 0) is 9.47 Å². The number of hydrogen-bond donors (Lipinski definition) is 3. The minimum atomic E-state index is -0.670. The topological polar surface area (TPSA) is 136 Å². The number of methoxy groups -OCH3 is 1. The highest BCUT2D eigenvalue weighted by molar-refractivity contribution is 7.19. The number of anilines is 1. The molecule has 1 aromatic heterocycles. The Morgan fingerprint density at radius 3 is 2.76 bits per heavy atom. The van der Waals surface area contributed by atoms with Crippen molar-refractivity contribution < 1.29 is 28.9 Å². The van der Waals surface area contributed by atoms with Gasteiger partial charge in [-0.2, -0.15) is 0 Å². The number of carbonyl (C=O) groups excluding carboxylic acids is 2. The second-order valence-electron chi connectivity index (χ2n) is 7.95. The number of rotatable bonds is 12. The van der Waals surface area contributed by atoms with Crippen molar-refractivity contribution in [1.29, 1.82) is 0 Å². The van der Waals surface area contributed by atoms with E-state index in [1.54, 1.807) is 25.3 Å². The first kappa shape index (κ1) is 25.9. The molecule has 10 nitrogen and oxygen atoms in total. The quantitative estimate of drug-likeness (QED) is 0.381. The van der Waals surface area contributed by atoms with Crippen LogP contribution in [0.5, 0.6) is 5.75 Å². The number of ether oxygens (including phenoxy) is 3. The number of hydrogen-bond acceptors (Lipinski definition) is 9. The molecule has 0 aliphatic carbocycles. The molecule has 2 amide bonds. The molecule has 0 spiro atoms. The van der Waals surface area contributed by atoms with E-state index < -0.39 is 5.91 Å². The number of aliphatic hydroxyl groups is 1. The van der Waals surface area contributed by atoms with Gasteiger partial charge >= 0.3 is 0 Å². The van der Waals surface area contributed by atoms with Crippen LogP contribution in [0.2, 0.25) is 0 Å². The normalized spacial score (nSPS) is 14.1. The Balaban J connectivity index is 1.99. The Hall–Kier alpha value is -2.73. The van der Waals surface area contributed by atoms with E-state index in [0.717, 1.165) is 12.8 Å². The van der Waals surface area contributed by atoms with Gasteiger partial charge in [0.1, 0.15) is 11.4 Å². The molecule has 186 valence electrons. The summed E-state index contributed by atoms with van der Waals surface area (Å²) in [5.41, 5.74) is 6.68. The van der Waals surface area contributed by atoms with Gasteiger partial charge < -0.3 is 35.3 Å². The molecule has 4 N–H and O–H groups in total. The van der Waals surface area contributed by atoms with E-state index in [4.69, 9.17) is 25.1 Å². The molecule has 0 bridgehead atoms. The largest absolute Gasteiger partial charge is 0.493 e. The third-order valence-electron chi connectivity index (χ3n) is 5.41. The fourth-order valence-corrected chi connectivity index (χ4v) is 4.60. The molecule has 1 aliphatic heterocycles. The van der Waals surface area contributed by atoms with Crippen LogP contribution in [0.25, 0.3) is 10.4 Å². The number of primary amides is 1. The van der Waals surface area contributed by atoms with E-state index in [2.05, 4.69) is 10.3 Å². The number of benzene rings is 1. The van der Waals surface area contributed by atoms with E-state index in [1.165, 1.54) is 11.3 Å². The zero-order chi connectivity index (χ0) is 24.5. The highest BCUT2D eigenvalue weighted by atomic mass is 32.1. The maximum Gasteiger partial charge on any atom is 0.268 e. The highest BCUT2D eigenvalue weighted by Gasteiger charge is 2.25. The lowest BCUT2D eigenvalue weighted by molar-refractivity contribution is 0.0696. The number of nitrogens with zero attached hydrogens (tertiary/aromatic N) is 2. The van der Waals surface area contributed by atoms with E-state index in [-0.39, 0.29) is 24.2 Å². The first-order valence-electron chi connectivity index (χ1n) is 11.2. The Morgan fingerprint density at radius 1 is 1.32 bits per heavy atom. The Labute approximate surface area is 203 Å². The predicted octanol–water partition coefficient (Wildman–Crippen LogP) is 1.66. The van der Waals surface area contributed by atoms with Crippen LogP contribution in [0.1, 0.15) is 40.1 Å². The van der Waals surface area contributed by atoms with Crippen LogP contribution in [0, 0.1) is 0 Å². The Bertz CT molecular complexity index is 976. The summed E-state index contributed by atoms with van der Waals surface area (Å²) >= 11 is 1.29. The molecule has 0 unspecified atom stereocenters. The second-order valence-corrected chi connectivity index (χ2v) is 8.92. The number of likely N-dealkylation sites (N-methyl/N-ethyl adjacent to an activating group) is 1. The third kappa shape index (κ3) is 6.66. The first-order chi connectivity index (χ1) is 16.4. The smallest absolute Gasteiger partial charge is 0.268 e. The lowest BCUT2D eigenvalue weighted by Crippen LogP contribution is -2.39. The zero-order valence-corrected chi connectivity index (χ0v) is 20.4. The molecule has 1 aromatic carbocycles. The molecule has 0 radical (unpaired) electrons. The van der Waals surface area contributed by atoms with Crippen molar-refractivity contribution in [3.05, 3.63) is 29.5 Å². The van der Waals surface area contributed by atoms with E-state index in [1.807, 2.05) is 11.9 Å². The number of aliphatic hydroxyl groups excluding tert-OH is 1. The standard InChI is InChI=1S/C23H32N4O6S/c1-27(8-13-31-2)23-26-19(21(24)29)20(34-23)17-5-4-16(33-10-3-9-28)14-18(17)22(30)25-15-6-11-32-12-7-15/h4-5,14-15,28H,3,6-13H2,1-2H3,(H2,24,29)(H,25,30). The molecule has 34 heavy (non-hydrogen) atoms. The molecule has 1 fully saturated rings. The summed E-state index contributed by atoms with van der Waals surface area (Å²) in [5, 5.41) is 12.7. The maximum absolute atomic E-state index is 13.3. The van der Waals surface area contributed by atoms with Gasteiger partial charge in [0.25, 0.3) is 11.8 Å². The predicted molar refractivity (Wildman–Crippen MR) is 130 cm³/mol. The van der Waals surface area contributed by atoms with Gasteiger partial charge in [0.15, 0.2) is 5.13 Å². The van der Waals surface area contributed by atoms with Gasteiger partial charge in [0.05, 0.1) is 23.7 Å². The van der Waals surface area contributed by atoms with Crippen LogP contribution < -0.4 is 20.7 Å². The Morgan fingerprint density at radius 2 is 2.09 bits per heavy atom. The fraction of sp³-hybridized carbons (Fsp3) is 0.522. The highest BCUT2D eigenvalue weighted by Crippen LogP contribution is 2.38. The minimum Gasteiger partial charge on any atom is -0.493 e. The van der Waals surface area contributed by atoms with Crippen LogP contribution in [0.3, 0.4) is 0 Å². The average Bonchev–Trinajstić information content (AvgIpc) is 3.29. The van der Waals surface area contributed by atoms with E-state index >= 15 is 0 Å². The second kappa shape index (κ2) is 12.7. The van der Waals surface area contributed by atoms with Crippen LogP contribution in [-0.4, -0.2) is 81.7 Å². The van der Waals surface area contributed by atoms with E-state index in [0.29, 0.717) is 66.3 Å². The SMILES string of the molecule is COCCN(C)c1nc(C(N)=O)c(-c2ccc(OCCCO)cc2C(=O)NC2CCOCC2)s1. The minimum absolute atomic E-state index is 0.000808. The molecule has 1 saturated heterocycles. The molecule has 0 atom stereocenters. The van der Waals surface area contributed by atoms with Gasteiger partial charge in [-0.1, -0.05) is 11.3 Å². The summed E-state index contributed by atoms with van der Waals surface area (Å²) in [6.45, 7) is 2.60. The molecule has 0 saturated carbocycles. The van der Waals surface area contributed by atoms with Crippen LogP contribution in [0.4, 0.5) is 5.13 Å². The third-order valence-corrected chi connectivity index (χ3v) is 6.62. The number of thiazole rings is 1. The van der Waals surface area contributed by atoms with Gasteiger partial charge in [-0.3, -0.25) is 9.59 Å². The van der Waals surface area contributed by atoms with Crippen molar-refractivity contribution in [1.82, 2.24) is 10.3 Å². The number of nitrogens with one attached hydrogen (secondary N) is 1. The van der Waals surface area contributed by atoms with Gasteiger partial charge in [-0.15, -0.1) is 0 Å². The summed E-state index contributed by atoms with van der Waals surface area (Å²) in [6, 6.07) is 5.13. The van der Waals surface area contributed by atoms with Crippen molar-refractivity contribution in [2.24, 2.45) is 5.73 Å². The fourth-order valence-electron chi connectivity index (χ4n) is 3.50. The number of amides is 2. The Kier molecular flexibility index (Phi) is 9.63. The molecule has 3 rings (SSSR count). The number of aromatic nitrogens is 1. The maximum atomic E-state index is 13.3. The summed E-state index contributed by atoms with van der Waals surface area (Å²) in [7, 11) is 3.47. The van der Waals surface area contributed by atoms with Crippen molar-refractivity contribution in [3.8, 4) is 16.2 Å². The van der Waals surface area contributed by atoms with Crippen molar-refractivity contribution in [3.63, 3.8) is 0 Å². The lowest BCUT2D eigenvalue weighted by Gasteiger charge is -2.23. The van der Waals surface area contributed by atoms with E-state index in [9.17, 15) is 9.59 Å². The monoisotopic (exact) mass is 492 g/mol. The molecular weight excluding hydrogens is 460 g/mol. The van der Waals surface area contributed by atoms with Gasteiger partial charge in [0, 0.05) is 58.5 Å². The molecule has 1 aliphatic rings. The van der Waals surface area contributed by atoms with Gasteiger partial charge in [0.2, 0.25) is 0 Å². The molecule has 2 aromatic rings. The summed E-state index contributed by atoms with van der Waals surface area (Å²) in [4.78, 5) is 32.4. The zero-order valence-electron chi connectivity index (χ0n) is 19.5. The van der Waals surface area contributed by atoms with Crippen molar-refractivity contribution in [2.45, 2.75) is 25.3 Å². The van der Waals surface area contributed by atoms with Gasteiger partial charge in [-0.25, -0.2) is 4.98 Å².